The maximum absolute atomic E-state index is 6.37. The van der Waals surface area contributed by atoms with Crippen LogP contribution in [0.1, 0.15) is 27.2 Å². The van der Waals surface area contributed by atoms with Crippen LogP contribution in [0, 0.1) is 13.8 Å². The highest BCUT2D eigenvalue weighted by Crippen LogP contribution is 2.32. The molecule has 2 nitrogen and oxygen atoms in total. The van der Waals surface area contributed by atoms with Crippen LogP contribution >= 0.6 is 38.9 Å². The lowest BCUT2D eigenvalue weighted by atomic mass is 10.0. The molecular weight excluding hydrogens is 344 g/mol. The molecule has 0 amide bonds. The molecule has 0 aliphatic heterocycles. The van der Waals surface area contributed by atoms with Crippen LogP contribution in [0.3, 0.4) is 0 Å². The molecule has 2 rings (SSSR count). The predicted molar refractivity (Wildman–Crippen MR) is 86.2 cm³/mol. The number of hydrogen-bond donors (Lipinski definition) is 1. The van der Waals surface area contributed by atoms with E-state index in [-0.39, 0.29) is 6.04 Å². The number of nitrogens with zero attached hydrogens (tertiary/aromatic N) is 1. The summed E-state index contributed by atoms with van der Waals surface area (Å²) < 4.78 is 0.929. The quantitative estimate of drug-likeness (QED) is 0.857. The Morgan fingerprint density at radius 1 is 1.42 bits per heavy atom. The highest BCUT2D eigenvalue weighted by atomic mass is 79.9. The first-order valence-corrected chi connectivity index (χ1v) is 8.05. The smallest absolute Gasteiger partial charge is 0.0949 e. The average Bonchev–Trinajstić information content (AvgIpc) is 2.69. The van der Waals surface area contributed by atoms with Crippen molar-refractivity contribution < 1.29 is 0 Å². The van der Waals surface area contributed by atoms with Gasteiger partial charge in [0.25, 0.3) is 0 Å². The number of rotatable bonds is 4. The van der Waals surface area contributed by atoms with Crippen molar-refractivity contribution in [2.75, 3.05) is 7.05 Å². The molecule has 1 heterocycles. The van der Waals surface area contributed by atoms with Gasteiger partial charge in [0.1, 0.15) is 0 Å². The van der Waals surface area contributed by atoms with E-state index in [4.69, 9.17) is 11.6 Å². The number of hydrogen-bond acceptors (Lipinski definition) is 3. The van der Waals surface area contributed by atoms with Crippen LogP contribution in [0.25, 0.3) is 0 Å². The first-order valence-electron chi connectivity index (χ1n) is 6.07. The Kier molecular flexibility index (Phi) is 5.01. The molecule has 19 heavy (non-hydrogen) atoms. The maximum atomic E-state index is 6.37. The second-order valence-electron chi connectivity index (χ2n) is 4.44. The number of thiazole rings is 1. The molecule has 0 saturated carbocycles. The number of halogens is 2. The van der Waals surface area contributed by atoms with Crippen molar-refractivity contribution in [3.8, 4) is 0 Å². The van der Waals surface area contributed by atoms with Crippen LogP contribution in [-0.2, 0) is 6.42 Å². The van der Waals surface area contributed by atoms with E-state index in [0.717, 1.165) is 32.2 Å². The molecule has 0 aliphatic rings. The number of aryl methyl sites for hydroxylation is 2. The van der Waals surface area contributed by atoms with E-state index in [1.54, 1.807) is 11.3 Å². The molecule has 1 aromatic carbocycles. The molecule has 1 aromatic heterocycles. The predicted octanol–water partition coefficient (Wildman–Crippen LogP) is 4.68. The van der Waals surface area contributed by atoms with Crippen LogP contribution in [0.5, 0.6) is 0 Å². The van der Waals surface area contributed by atoms with Gasteiger partial charge in [-0.25, -0.2) is 4.98 Å². The molecule has 1 N–H and O–H groups in total. The van der Waals surface area contributed by atoms with Crippen molar-refractivity contribution in [3.05, 3.63) is 48.8 Å². The average molecular weight is 360 g/mol. The van der Waals surface area contributed by atoms with E-state index in [9.17, 15) is 0 Å². The third kappa shape index (κ3) is 3.37. The van der Waals surface area contributed by atoms with Gasteiger partial charge >= 0.3 is 0 Å². The zero-order chi connectivity index (χ0) is 14.0. The molecule has 5 heteroatoms. The van der Waals surface area contributed by atoms with Crippen molar-refractivity contribution in [1.29, 1.82) is 0 Å². The van der Waals surface area contributed by atoms with Crippen molar-refractivity contribution in [1.82, 2.24) is 10.3 Å². The van der Waals surface area contributed by atoms with Gasteiger partial charge in [-0.15, -0.1) is 11.3 Å². The first-order chi connectivity index (χ1) is 9.02. The minimum atomic E-state index is 0.176. The zero-order valence-electron chi connectivity index (χ0n) is 11.1. The lowest BCUT2D eigenvalue weighted by Crippen LogP contribution is -2.19. The molecule has 102 valence electrons. The van der Waals surface area contributed by atoms with Gasteiger partial charge in [-0.1, -0.05) is 23.7 Å². The van der Waals surface area contributed by atoms with Gasteiger partial charge in [-0.3, -0.25) is 0 Å². The van der Waals surface area contributed by atoms with E-state index in [1.807, 2.05) is 19.2 Å². The summed E-state index contributed by atoms with van der Waals surface area (Å²) in [6, 6.07) is 6.20. The summed E-state index contributed by atoms with van der Waals surface area (Å²) in [7, 11) is 1.95. The van der Waals surface area contributed by atoms with E-state index < -0.39 is 0 Å². The Balaban J connectivity index is 2.27. The van der Waals surface area contributed by atoms with E-state index in [1.165, 1.54) is 4.88 Å². The van der Waals surface area contributed by atoms with Crippen LogP contribution in [-0.4, -0.2) is 12.0 Å². The number of likely N-dealkylation sites (N-methyl/N-ethyl adjacent to an activating group) is 1. The van der Waals surface area contributed by atoms with Crippen molar-refractivity contribution in [2.24, 2.45) is 0 Å². The second kappa shape index (κ2) is 6.35. The SMILES string of the molecule is CNC(Cc1nc(C)c(C)s1)c1cccc(Br)c1Cl. The number of nitrogens with one attached hydrogen (secondary N) is 1. The Bertz CT molecular complexity index is 563. The lowest BCUT2D eigenvalue weighted by Gasteiger charge is -2.17. The highest BCUT2D eigenvalue weighted by Gasteiger charge is 2.17. The van der Waals surface area contributed by atoms with Crippen LogP contribution in [0.4, 0.5) is 0 Å². The van der Waals surface area contributed by atoms with Crippen molar-refractivity contribution in [3.63, 3.8) is 0 Å². The molecule has 0 aliphatic carbocycles. The van der Waals surface area contributed by atoms with Gasteiger partial charge in [-0.2, -0.15) is 0 Å². The molecule has 0 radical (unpaired) electrons. The fraction of sp³-hybridized carbons (Fsp3) is 0.357. The Morgan fingerprint density at radius 2 is 2.16 bits per heavy atom. The van der Waals surface area contributed by atoms with Gasteiger partial charge in [0.2, 0.25) is 0 Å². The summed E-state index contributed by atoms with van der Waals surface area (Å²) in [6.45, 7) is 4.16. The third-order valence-corrected chi connectivity index (χ3v) is 5.56. The molecule has 2 aromatic rings. The Labute approximate surface area is 131 Å². The summed E-state index contributed by atoms with van der Waals surface area (Å²) in [4.78, 5) is 5.88. The first kappa shape index (κ1) is 15.0. The van der Waals surface area contributed by atoms with Crippen LogP contribution in [0.2, 0.25) is 5.02 Å². The minimum absolute atomic E-state index is 0.176. The molecule has 0 fully saturated rings. The van der Waals surface area contributed by atoms with Crippen LogP contribution < -0.4 is 5.32 Å². The number of aromatic nitrogens is 1. The van der Waals surface area contributed by atoms with Gasteiger partial charge < -0.3 is 5.32 Å². The molecule has 0 bridgehead atoms. The molecule has 0 spiro atoms. The third-order valence-electron chi connectivity index (χ3n) is 3.16. The highest BCUT2D eigenvalue weighted by molar-refractivity contribution is 9.10. The van der Waals surface area contributed by atoms with Crippen molar-refractivity contribution >= 4 is 38.9 Å². The summed E-state index contributed by atoms with van der Waals surface area (Å²) in [5.74, 6) is 0. The van der Waals surface area contributed by atoms with Gasteiger partial charge in [0.05, 0.1) is 15.7 Å². The second-order valence-corrected chi connectivity index (χ2v) is 6.96. The van der Waals surface area contributed by atoms with Crippen molar-refractivity contribution in [2.45, 2.75) is 26.3 Å². The topological polar surface area (TPSA) is 24.9 Å². The van der Waals surface area contributed by atoms with E-state index in [0.29, 0.717) is 0 Å². The molecule has 1 unspecified atom stereocenters. The van der Waals surface area contributed by atoms with E-state index in [2.05, 4.69) is 46.1 Å². The minimum Gasteiger partial charge on any atom is -0.313 e. The molecule has 0 saturated heterocycles. The summed E-state index contributed by atoms with van der Waals surface area (Å²) >= 11 is 11.6. The largest absolute Gasteiger partial charge is 0.313 e. The fourth-order valence-electron chi connectivity index (χ4n) is 1.96. The van der Waals surface area contributed by atoms with Gasteiger partial charge in [0.15, 0.2) is 0 Å². The van der Waals surface area contributed by atoms with Gasteiger partial charge in [0, 0.05) is 21.8 Å². The maximum Gasteiger partial charge on any atom is 0.0949 e. The van der Waals surface area contributed by atoms with Crippen LogP contribution in [0.15, 0.2) is 22.7 Å². The summed E-state index contributed by atoms with van der Waals surface area (Å²) in [6.07, 6.45) is 0.853. The standard InChI is InChI=1S/C14H16BrClN2S/c1-8-9(2)19-13(18-8)7-12(17-3)10-5-4-6-11(15)14(10)16/h4-6,12,17H,7H2,1-3H3. The lowest BCUT2D eigenvalue weighted by molar-refractivity contribution is 0.590. The monoisotopic (exact) mass is 358 g/mol. The zero-order valence-corrected chi connectivity index (χ0v) is 14.3. The van der Waals surface area contributed by atoms with Gasteiger partial charge in [-0.05, 0) is 48.5 Å². The Hall–Kier alpha value is -0.420. The molecule has 1 atom stereocenters. The Morgan fingerprint density at radius 3 is 2.74 bits per heavy atom. The number of benzene rings is 1. The summed E-state index contributed by atoms with van der Waals surface area (Å²) in [5.41, 5.74) is 2.22. The fourth-order valence-corrected chi connectivity index (χ4v) is 3.58. The normalized spacial score (nSPS) is 12.7. The molecular formula is C14H16BrClN2S. The summed E-state index contributed by atoms with van der Waals surface area (Å²) in [5, 5.41) is 5.24. The van der Waals surface area contributed by atoms with E-state index >= 15 is 0 Å².